The number of aromatic amines is 1. The molecule has 4 rings (SSSR count). The van der Waals surface area contributed by atoms with Gasteiger partial charge in [0, 0.05) is 29.8 Å². The number of hydrogen-bond acceptors (Lipinski definition) is 8. The quantitative estimate of drug-likeness (QED) is 0.231. The zero-order valence-corrected chi connectivity index (χ0v) is 22.4. The van der Waals surface area contributed by atoms with Crippen molar-refractivity contribution in [1.29, 1.82) is 0 Å². The summed E-state index contributed by atoms with van der Waals surface area (Å²) in [6.07, 6.45) is -2.18. The summed E-state index contributed by atoms with van der Waals surface area (Å²) in [5.41, 5.74) is -0.533. The number of benzene rings is 2. The van der Waals surface area contributed by atoms with Gasteiger partial charge in [-0.25, -0.2) is 4.79 Å². The molecule has 11 nitrogen and oxygen atoms in total. The Balaban J connectivity index is 1.63. The highest BCUT2D eigenvalue weighted by Crippen LogP contribution is 2.41. The fraction of sp³-hybridized carbons (Fsp3) is 0.379. The number of rotatable bonds is 7. The Hall–Kier alpha value is -4.08. The number of aliphatic hydroxyl groups excluding tert-OH is 2. The van der Waals surface area contributed by atoms with Crippen LogP contribution in [-0.4, -0.2) is 43.5 Å². The lowest BCUT2D eigenvalue weighted by Gasteiger charge is -2.31. The highest BCUT2D eigenvalue weighted by atomic mass is 16.6. The van der Waals surface area contributed by atoms with Gasteiger partial charge < -0.3 is 19.7 Å². The number of nitrogens with zero attached hydrogens (tertiary/aromatic N) is 2. The lowest BCUT2D eigenvalue weighted by atomic mass is 9.83. The van der Waals surface area contributed by atoms with E-state index in [-0.39, 0.29) is 24.3 Å². The molecular weight excluding hydrogens is 518 g/mol. The monoisotopic (exact) mass is 549 g/mol. The number of aromatic nitrogens is 2. The predicted molar refractivity (Wildman–Crippen MR) is 145 cm³/mol. The minimum absolute atomic E-state index is 0.0494. The van der Waals surface area contributed by atoms with Crippen LogP contribution in [0.2, 0.25) is 0 Å². The Kier molecular flexibility index (Phi) is 8.66. The Morgan fingerprint density at radius 3 is 2.50 bits per heavy atom. The van der Waals surface area contributed by atoms with Gasteiger partial charge in [-0.2, -0.15) is 0 Å². The van der Waals surface area contributed by atoms with Gasteiger partial charge in [-0.05, 0) is 29.7 Å². The summed E-state index contributed by atoms with van der Waals surface area (Å²) in [6.45, 7) is 4.90. The number of nitrogens with one attached hydrogen (secondary N) is 1. The Bertz CT molecular complexity index is 1550. The second-order valence-electron chi connectivity index (χ2n) is 10.6. The van der Waals surface area contributed by atoms with E-state index in [4.69, 9.17) is 9.47 Å². The first-order valence-corrected chi connectivity index (χ1v) is 12.7. The van der Waals surface area contributed by atoms with Crippen molar-refractivity contribution in [2.45, 2.75) is 58.3 Å². The first kappa shape index (κ1) is 28.9. The van der Waals surface area contributed by atoms with Crippen molar-refractivity contribution in [2.75, 3.05) is 6.61 Å². The van der Waals surface area contributed by atoms with Gasteiger partial charge in [0.05, 0.1) is 41.5 Å². The SMILES string of the molecule is CC(C)(C)[C@@H](OCc1cn([C@H]2C[C@@H](O)[C@@H](CO)O2)c(=O)[nH]c1=O)c1ccc(C#Cc2ccccc2)cc1[N+](=O)[O-]. The van der Waals surface area contributed by atoms with Crippen LogP contribution in [-0.2, 0) is 16.1 Å². The number of aliphatic hydroxyl groups is 2. The van der Waals surface area contributed by atoms with E-state index in [0.29, 0.717) is 11.1 Å². The lowest BCUT2D eigenvalue weighted by Crippen LogP contribution is -2.35. The topological polar surface area (TPSA) is 157 Å². The summed E-state index contributed by atoms with van der Waals surface area (Å²) >= 11 is 0. The van der Waals surface area contributed by atoms with Crippen molar-refractivity contribution in [1.82, 2.24) is 9.55 Å². The molecule has 2 heterocycles. The van der Waals surface area contributed by atoms with Crippen molar-refractivity contribution in [3.05, 3.63) is 108 Å². The first-order valence-electron chi connectivity index (χ1n) is 12.7. The Morgan fingerprint density at radius 1 is 1.18 bits per heavy atom. The van der Waals surface area contributed by atoms with Crippen LogP contribution in [0.4, 0.5) is 5.69 Å². The summed E-state index contributed by atoms with van der Waals surface area (Å²) in [5.74, 6) is 5.95. The smallest absolute Gasteiger partial charge is 0.330 e. The fourth-order valence-corrected chi connectivity index (χ4v) is 4.54. The molecule has 40 heavy (non-hydrogen) atoms. The van der Waals surface area contributed by atoms with Crippen molar-refractivity contribution in [2.24, 2.45) is 5.41 Å². The van der Waals surface area contributed by atoms with E-state index in [2.05, 4.69) is 16.8 Å². The maximum absolute atomic E-state index is 12.6. The number of H-pyrrole nitrogens is 1. The minimum Gasteiger partial charge on any atom is -0.394 e. The molecule has 0 saturated carbocycles. The molecule has 0 amide bonds. The van der Waals surface area contributed by atoms with Crippen LogP contribution in [0.5, 0.6) is 0 Å². The van der Waals surface area contributed by atoms with E-state index in [9.17, 15) is 29.9 Å². The van der Waals surface area contributed by atoms with Gasteiger partial charge in [-0.1, -0.05) is 50.8 Å². The summed E-state index contributed by atoms with van der Waals surface area (Å²) < 4.78 is 12.8. The highest BCUT2D eigenvalue weighted by Gasteiger charge is 2.36. The van der Waals surface area contributed by atoms with Gasteiger partial charge in [0.2, 0.25) is 0 Å². The molecule has 2 aromatic carbocycles. The molecule has 1 aliphatic rings. The maximum Gasteiger partial charge on any atom is 0.330 e. The highest BCUT2D eigenvalue weighted by molar-refractivity contribution is 5.52. The molecule has 210 valence electrons. The number of nitro groups is 1. The second kappa shape index (κ2) is 12.0. The maximum atomic E-state index is 12.6. The summed E-state index contributed by atoms with van der Waals surface area (Å²) in [6, 6.07) is 14.0. The van der Waals surface area contributed by atoms with E-state index in [1.54, 1.807) is 12.1 Å². The molecule has 0 spiro atoms. The van der Waals surface area contributed by atoms with Gasteiger partial charge in [0.1, 0.15) is 12.3 Å². The van der Waals surface area contributed by atoms with E-state index in [1.807, 2.05) is 51.1 Å². The van der Waals surface area contributed by atoms with E-state index >= 15 is 0 Å². The third kappa shape index (κ3) is 6.55. The number of hydrogen-bond donors (Lipinski definition) is 3. The molecular formula is C29H31N3O8. The van der Waals surface area contributed by atoms with Gasteiger partial charge in [0.15, 0.2) is 0 Å². The molecule has 1 aliphatic heterocycles. The molecule has 0 unspecified atom stereocenters. The van der Waals surface area contributed by atoms with Crippen molar-refractivity contribution in [3.8, 4) is 11.8 Å². The molecule has 0 radical (unpaired) electrons. The van der Waals surface area contributed by atoms with E-state index in [0.717, 1.165) is 10.1 Å². The van der Waals surface area contributed by atoms with Gasteiger partial charge in [-0.15, -0.1) is 0 Å². The zero-order chi connectivity index (χ0) is 29.0. The van der Waals surface area contributed by atoms with E-state index < -0.39 is 52.7 Å². The third-order valence-corrected chi connectivity index (χ3v) is 6.56. The van der Waals surface area contributed by atoms with Gasteiger partial charge in [0.25, 0.3) is 11.2 Å². The molecule has 3 aromatic rings. The molecule has 1 fully saturated rings. The summed E-state index contributed by atoms with van der Waals surface area (Å²) in [4.78, 5) is 38.9. The molecule has 11 heteroatoms. The Morgan fingerprint density at radius 2 is 1.88 bits per heavy atom. The van der Waals surface area contributed by atoms with Crippen molar-refractivity contribution in [3.63, 3.8) is 0 Å². The van der Waals surface area contributed by atoms with Gasteiger partial charge >= 0.3 is 5.69 Å². The fourth-order valence-electron chi connectivity index (χ4n) is 4.54. The zero-order valence-electron chi connectivity index (χ0n) is 22.4. The summed E-state index contributed by atoms with van der Waals surface area (Å²) in [5, 5.41) is 31.5. The van der Waals surface area contributed by atoms with Crippen LogP contribution in [0.25, 0.3) is 0 Å². The van der Waals surface area contributed by atoms with Crippen LogP contribution < -0.4 is 11.2 Å². The van der Waals surface area contributed by atoms with Crippen molar-refractivity contribution < 1.29 is 24.6 Å². The normalized spacial score (nSPS) is 19.6. The van der Waals surface area contributed by atoms with Crippen LogP contribution in [0.3, 0.4) is 0 Å². The number of ether oxygens (including phenoxy) is 2. The second-order valence-corrected chi connectivity index (χ2v) is 10.6. The van der Waals surface area contributed by atoms with Gasteiger partial charge in [-0.3, -0.25) is 24.5 Å². The molecule has 1 saturated heterocycles. The number of nitro benzene ring substituents is 1. The standard InChI is InChI=1S/C29H31N3O8/c1-29(2,3)26(21-12-11-19(13-22(21)32(37)38)10-9-18-7-5-4-6-8-18)39-17-20-15-31(28(36)30-27(20)35)25-14-23(34)24(16-33)40-25/h4-8,11-13,15,23-26,33-34H,14,16-17H2,1-3H3,(H,30,35,36)/t23-,24-,25-,26+/m1/s1. The molecule has 3 N–H and O–H groups in total. The largest absolute Gasteiger partial charge is 0.394 e. The first-order chi connectivity index (χ1) is 19.0. The van der Waals surface area contributed by atoms with Crippen LogP contribution in [0, 0.1) is 27.4 Å². The molecule has 0 bridgehead atoms. The molecule has 0 aliphatic carbocycles. The van der Waals surface area contributed by atoms with Crippen LogP contribution in [0.1, 0.15) is 61.8 Å². The molecule has 1 aromatic heterocycles. The average molecular weight is 550 g/mol. The lowest BCUT2D eigenvalue weighted by molar-refractivity contribution is -0.386. The van der Waals surface area contributed by atoms with E-state index in [1.165, 1.54) is 12.3 Å². The summed E-state index contributed by atoms with van der Waals surface area (Å²) in [7, 11) is 0. The minimum atomic E-state index is -0.972. The van der Waals surface area contributed by atoms with Crippen LogP contribution >= 0.6 is 0 Å². The van der Waals surface area contributed by atoms with Crippen LogP contribution in [0.15, 0.2) is 64.3 Å². The third-order valence-electron chi connectivity index (χ3n) is 6.56. The average Bonchev–Trinajstić information content (AvgIpc) is 3.29. The predicted octanol–water partition coefficient (Wildman–Crippen LogP) is 2.79. The molecule has 4 atom stereocenters. The Labute approximate surface area is 230 Å². The van der Waals surface area contributed by atoms with Crippen molar-refractivity contribution >= 4 is 5.69 Å².